The van der Waals surface area contributed by atoms with Gasteiger partial charge in [-0.1, -0.05) is 0 Å². The number of halogens is 1. The molecule has 0 aliphatic heterocycles. The summed E-state index contributed by atoms with van der Waals surface area (Å²) in [6, 6.07) is 3.47. The summed E-state index contributed by atoms with van der Waals surface area (Å²) in [5, 5.41) is 8.64. The molecule has 0 saturated carbocycles. The lowest BCUT2D eigenvalue weighted by Gasteiger charge is -2.03. The average molecular weight is 207 g/mol. The van der Waals surface area contributed by atoms with Gasteiger partial charge in [0.15, 0.2) is 6.29 Å². The van der Waals surface area contributed by atoms with Crippen LogP contribution in [0.5, 0.6) is 0 Å². The van der Waals surface area contributed by atoms with Crippen LogP contribution in [0.2, 0.25) is 0 Å². The molecule has 0 N–H and O–H groups in total. The lowest BCUT2D eigenvalue weighted by atomic mass is 10.0. The Morgan fingerprint density at radius 2 is 2.27 bits per heavy atom. The number of benzene rings is 1. The van der Waals surface area contributed by atoms with Gasteiger partial charge in [-0.05, 0) is 12.1 Å². The van der Waals surface area contributed by atoms with Crippen LogP contribution in [0.15, 0.2) is 12.1 Å². The van der Waals surface area contributed by atoms with E-state index in [0.29, 0.717) is 0 Å². The minimum absolute atomic E-state index is 0.122. The molecule has 0 amide bonds. The summed E-state index contributed by atoms with van der Waals surface area (Å²) in [6.45, 7) is 0. The Hall–Kier alpha value is -2.22. The summed E-state index contributed by atoms with van der Waals surface area (Å²) in [4.78, 5) is 21.6. The summed E-state index contributed by atoms with van der Waals surface area (Å²) in [7, 11) is 1.13. The molecule has 1 rings (SSSR count). The molecule has 0 aliphatic carbocycles. The summed E-state index contributed by atoms with van der Waals surface area (Å²) in [5.41, 5.74) is -0.567. The third kappa shape index (κ3) is 1.99. The minimum Gasteiger partial charge on any atom is -0.465 e. The van der Waals surface area contributed by atoms with E-state index in [0.717, 1.165) is 19.2 Å². The molecule has 5 heteroatoms. The highest BCUT2D eigenvalue weighted by Crippen LogP contribution is 2.15. The Morgan fingerprint density at radius 3 is 2.73 bits per heavy atom. The number of carbonyl (C=O) groups is 2. The predicted molar refractivity (Wildman–Crippen MR) is 47.8 cm³/mol. The van der Waals surface area contributed by atoms with Gasteiger partial charge in [0, 0.05) is 0 Å². The topological polar surface area (TPSA) is 67.2 Å². The number of hydrogen-bond acceptors (Lipinski definition) is 4. The van der Waals surface area contributed by atoms with Crippen LogP contribution in [0.3, 0.4) is 0 Å². The molecule has 0 radical (unpaired) electrons. The van der Waals surface area contributed by atoms with Crippen LogP contribution >= 0.6 is 0 Å². The first kappa shape index (κ1) is 10.9. The molecule has 1 aromatic rings. The standard InChI is InChI=1S/C10H6FNO3/c1-15-10(14)8-2-7(5-13)9(11)3-6(8)4-12/h2-3,5H,1H3. The summed E-state index contributed by atoms with van der Waals surface area (Å²) in [5.74, 6) is -1.62. The van der Waals surface area contributed by atoms with E-state index < -0.39 is 11.8 Å². The van der Waals surface area contributed by atoms with Crippen molar-refractivity contribution >= 4 is 12.3 Å². The van der Waals surface area contributed by atoms with E-state index >= 15 is 0 Å². The van der Waals surface area contributed by atoms with Gasteiger partial charge in [0.2, 0.25) is 0 Å². The molecule has 76 valence electrons. The molecule has 0 heterocycles. The highest BCUT2D eigenvalue weighted by atomic mass is 19.1. The SMILES string of the molecule is COC(=O)c1cc(C=O)c(F)cc1C#N. The van der Waals surface area contributed by atoms with Gasteiger partial charge in [0.05, 0.1) is 23.8 Å². The Kier molecular flexibility index (Phi) is 3.13. The molecule has 0 saturated heterocycles. The van der Waals surface area contributed by atoms with Gasteiger partial charge >= 0.3 is 5.97 Å². The maximum absolute atomic E-state index is 13.1. The van der Waals surface area contributed by atoms with Crippen molar-refractivity contribution < 1.29 is 18.7 Å². The second kappa shape index (κ2) is 4.33. The number of esters is 1. The number of aldehydes is 1. The molecule has 4 nitrogen and oxygen atoms in total. The van der Waals surface area contributed by atoms with Crippen LogP contribution in [-0.4, -0.2) is 19.4 Å². The Morgan fingerprint density at radius 1 is 1.60 bits per heavy atom. The molecule has 15 heavy (non-hydrogen) atoms. The van der Waals surface area contributed by atoms with Crippen LogP contribution in [0.4, 0.5) is 4.39 Å². The summed E-state index contributed by atoms with van der Waals surface area (Å²) >= 11 is 0. The monoisotopic (exact) mass is 207 g/mol. The van der Waals surface area contributed by atoms with Gasteiger partial charge in [-0.25, -0.2) is 9.18 Å². The van der Waals surface area contributed by atoms with Crippen molar-refractivity contribution in [3.05, 3.63) is 34.6 Å². The van der Waals surface area contributed by atoms with Crippen LogP contribution < -0.4 is 0 Å². The smallest absolute Gasteiger partial charge is 0.339 e. The number of methoxy groups -OCH3 is 1. The zero-order valence-electron chi connectivity index (χ0n) is 7.78. The van der Waals surface area contributed by atoms with E-state index in [4.69, 9.17) is 5.26 Å². The van der Waals surface area contributed by atoms with Crippen molar-refractivity contribution in [2.45, 2.75) is 0 Å². The second-order valence-corrected chi connectivity index (χ2v) is 2.64. The Balaban J connectivity index is 3.43. The molecule has 0 atom stereocenters. The molecule has 0 aliphatic rings. The number of rotatable bonds is 2. The molecule has 0 spiro atoms. The fourth-order valence-corrected chi connectivity index (χ4v) is 1.05. The average Bonchev–Trinajstić information content (AvgIpc) is 2.27. The fraction of sp³-hybridized carbons (Fsp3) is 0.100. The zero-order chi connectivity index (χ0) is 11.4. The van der Waals surface area contributed by atoms with E-state index in [-0.39, 0.29) is 23.0 Å². The van der Waals surface area contributed by atoms with Crippen molar-refractivity contribution in [1.82, 2.24) is 0 Å². The van der Waals surface area contributed by atoms with Crippen molar-refractivity contribution in [1.29, 1.82) is 5.26 Å². The predicted octanol–water partition coefficient (Wildman–Crippen LogP) is 1.30. The number of nitrogens with zero attached hydrogens (tertiary/aromatic N) is 1. The van der Waals surface area contributed by atoms with Crippen LogP contribution in [-0.2, 0) is 4.74 Å². The first-order chi connectivity index (χ1) is 7.13. The van der Waals surface area contributed by atoms with Gasteiger partial charge < -0.3 is 4.74 Å². The molecule has 0 unspecified atom stereocenters. The van der Waals surface area contributed by atoms with Crippen molar-refractivity contribution in [2.75, 3.05) is 7.11 Å². The van der Waals surface area contributed by atoms with Gasteiger partial charge in [0.25, 0.3) is 0 Å². The Bertz CT molecular complexity index is 462. The molecular weight excluding hydrogens is 201 g/mol. The molecule has 0 fully saturated rings. The maximum Gasteiger partial charge on any atom is 0.339 e. The molecule has 0 bridgehead atoms. The Labute approximate surface area is 84.9 Å². The molecule has 1 aromatic carbocycles. The zero-order valence-corrected chi connectivity index (χ0v) is 7.78. The number of carbonyl (C=O) groups excluding carboxylic acids is 2. The first-order valence-electron chi connectivity index (χ1n) is 3.91. The van der Waals surface area contributed by atoms with Gasteiger partial charge in [0.1, 0.15) is 11.9 Å². The van der Waals surface area contributed by atoms with E-state index in [2.05, 4.69) is 4.74 Å². The van der Waals surface area contributed by atoms with E-state index in [1.807, 2.05) is 0 Å². The number of nitriles is 1. The summed E-state index contributed by atoms with van der Waals surface area (Å²) < 4.78 is 17.4. The lowest BCUT2D eigenvalue weighted by molar-refractivity contribution is 0.0600. The molecule has 0 aromatic heterocycles. The van der Waals surface area contributed by atoms with Crippen LogP contribution in [0.1, 0.15) is 26.3 Å². The second-order valence-electron chi connectivity index (χ2n) is 2.64. The van der Waals surface area contributed by atoms with Crippen LogP contribution in [0, 0.1) is 17.1 Å². The van der Waals surface area contributed by atoms with E-state index in [9.17, 15) is 14.0 Å². The largest absolute Gasteiger partial charge is 0.465 e. The van der Waals surface area contributed by atoms with Gasteiger partial charge in [-0.15, -0.1) is 0 Å². The summed E-state index contributed by atoms with van der Waals surface area (Å²) in [6.07, 6.45) is 0.267. The van der Waals surface area contributed by atoms with Crippen molar-refractivity contribution in [3.63, 3.8) is 0 Å². The van der Waals surface area contributed by atoms with Crippen molar-refractivity contribution in [2.24, 2.45) is 0 Å². The highest BCUT2D eigenvalue weighted by Gasteiger charge is 2.15. The van der Waals surface area contributed by atoms with E-state index in [1.165, 1.54) is 0 Å². The fourth-order valence-electron chi connectivity index (χ4n) is 1.05. The number of ether oxygens (including phenoxy) is 1. The third-order valence-corrected chi connectivity index (χ3v) is 1.79. The third-order valence-electron chi connectivity index (χ3n) is 1.79. The maximum atomic E-state index is 13.1. The lowest BCUT2D eigenvalue weighted by Crippen LogP contribution is -2.06. The van der Waals surface area contributed by atoms with Crippen LogP contribution in [0.25, 0.3) is 0 Å². The van der Waals surface area contributed by atoms with Gasteiger partial charge in [-0.2, -0.15) is 5.26 Å². The number of hydrogen-bond donors (Lipinski definition) is 0. The van der Waals surface area contributed by atoms with Gasteiger partial charge in [-0.3, -0.25) is 4.79 Å². The molecular formula is C10H6FNO3. The van der Waals surface area contributed by atoms with E-state index in [1.54, 1.807) is 6.07 Å². The van der Waals surface area contributed by atoms with Crippen molar-refractivity contribution in [3.8, 4) is 6.07 Å². The minimum atomic E-state index is -0.839. The first-order valence-corrected chi connectivity index (χ1v) is 3.91. The highest BCUT2D eigenvalue weighted by molar-refractivity contribution is 5.94. The normalized spacial score (nSPS) is 9.13. The quantitative estimate of drug-likeness (QED) is 0.541.